The van der Waals surface area contributed by atoms with Gasteiger partial charge in [0, 0.05) is 18.3 Å². The number of rotatable bonds is 3. The van der Waals surface area contributed by atoms with Crippen LogP contribution in [0.15, 0.2) is 24.5 Å². The van der Waals surface area contributed by atoms with Crippen molar-refractivity contribution in [2.24, 2.45) is 0 Å². The molecule has 2 aromatic rings. The largest absolute Gasteiger partial charge is 0.307 e. The highest BCUT2D eigenvalue weighted by Crippen LogP contribution is 2.20. The third kappa shape index (κ3) is 3.05. The van der Waals surface area contributed by atoms with Crippen LogP contribution in [0.3, 0.4) is 0 Å². The Morgan fingerprint density at radius 3 is 2.84 bits per heavy atom. The van der Waals surface area contributed by atoms with Crippen molar-refractivity contribution in [2.45, 2.75) is 19.9 Å². The van der Waals surface area contributed by atoms with E-state index < -0.39 is 0 Å². The van der Waals surface area contributed by atoms with Crippen LogP contribution in [0.25, 0.3) is 0 Å². The zero-order valence-electron chi connectivity index (χ0n) is 10.4. The lowest BCUT2D eigenvalue weighted by atomic mass is 10.2. The summed E-state index contributed by atoms with van der Waals surface area (Å²) in [6.45, 7) is 3.94. The topological polar surface area (TPSA) is 59.8 Å². The molecular weight excluding hydrogens is 287 g/mol. The van der Waals surface area contributed by atoms with Gasteiger partial charge < -0.3 is 5.32 Å². The molecule has 0 saturated heterocycles. The smallest absolute Gasteiger partial charge is 0.258 e. The number of hydrogen-bond acceptors (Lipinski definition) is 3. The molecule has 0 atom stereocenters. The first-order chi connectivity index (χ1) is 8.99. The quantitative estimate of drug-likeness (QED) is 0.883. The fourth-order valence-corrected chi connectivity index (χ4v) is 1.94. The summed E-state index contributed by atoms with van der Waals surface area (Å²) < 4.78 is 1.70. The number of nitrogens with one attached hydrogen (secondary N) is 1. The second-order valence-corrected chi connectivity index (χ2v) is 4.99. The number of hydrogen-bond donors (Lipinski definition) is 1. The highest BCUT2D eigenvalue weighted by Gasteiger charge is 2.14. The van der Waals surface area contributed by atoms with Gasteiger partial charge in [0.2, 0.25) is 0 Å². The summed E-state index contributed by atoms with van der Waals surface area (Å²) in [5.41, 5.74) is 0.276. The van der Waals surface area contributed by atoms with Gasteiger partial charge >= 0.3 is 0 Å². The number of pyridine rings is 1. The second-order valence-electron chi connectivity index (χ2n) is 4.20. The third-order valence-electron chi connectivity index (χ3n) is 2.47. The predicted octanol–water partition coefficient (Wildman–Crippen LogP) is 3.42. The lowest BCUT2D eigenvalue weighted by molar-refractivity contribution is 0.102. The van der Waals surface area contributed by atoms with Crippen LogP contribution in [0.2, 0.25) is 10.2 Å². The van der Waals surface area contributed by atoms with Crippen LogP contribution < -0.4 is 5.32 Å². The van der Waals surface area contributed by atoms with E-state index in [0.29, 0.717) is 5.82 Å². The zero-order valence-corrected chi connectivity index (χ0v) is 11.9. The van der Waals surface area contributed by atoms with Gasteiger partial charge in [0.05, 0.1) is 16.8 Å². The molecule has 0 saturated carbocycles. The van der Waals surface area contributed by atoms with E-state index in [1.165, 1.54) is 12.3 Å². The summed E-state index contributed by atoms with van der Waals surface area (Å²) in [7, 11) is 0. The van der Waals surface area contributed by atoms with Crippen molar-refractivity contribution in [1.82, 2.24) is 14.8 Å². The van der Waals surface area contributed by atoms with Gasteiger partial charge in [0.1, 0.15) is 11.0 Å². The Kier molecular flexibility index (Phi) is 4.07. The molecule has 1 amide bonds. The van der Waals surface area contributed by atoms with Crippen LogP contribution in [-0.4, -0.2) is 20.7 Å². The normalized spacial score (nSPS) is 10.8. The second kappa shape index (κ2) is 5.59. The van der Waals surface area contributed by atoms with Crippen molar-refractivity contribution in [3.8, 4) is 0 Å². The van der Waals surface area contributed by atoms with Gasteiger partial charge in [0.25, 0.3) is 5.91 Å². The standard InChI is InChI=1S/C12H12Cl2N4O/c1-7(2)18-11(3-4-16-18)17-12(19)8-5-10(14)15-6-9(8)13/h3-7H,1-2H3,(H,17,19). The van der Waals surface area contributed by atoms with E-state index in [4.69, 9.17) is 23.2 Å². The van der Waals surface area contributed by atoms with E-state index in [-0.39, 0.29) is 27.7 Å². The molecule has 19 heavy (non-hydrogen) atoms. The molecule has 0 aliphatic rings. The van der Waals surface area contributed by atoms with Gasteiger partial charge in [-0.2, -0.15) is 5.10 Å². The summed E-state index contributed by atoms with van der Waals surface area (Å²) in [4.78, 5) is 15.9. The molecule has 0 fully saturated rings. The number of carbonyl (C=O) groups is 1. The maximum Gasteiger partial charge on any atom is 0.258 e. The van der Waals surface area contributed by atoms with E-state index >= 15 is 0 Å². The Hall–Kier alpha value is -1.59. The molecule has 0 bridgehead atoms. The molecule has 7 heteroatoms. The lowest BCUT2D eigenvalue weighted by Gasteiger charge is -2.12. The molecule has 0 aliphatic heterocycles. The minimum absolute atomic E-state index is 0.141. The van der Waals surface area contributed by atoms with Crippen LogP contribution in [0.1, 0.15) is 30.2 Å². The van der Waals surface area contributed by atoms with Crippen LogP contribution in [-0.2, 0) is 0 Å². The van der Waals surface area contributed by atoms with Crippen molar-refractivity contribution < 1.29 is 4.79 Å². The summed E-state index contributed by atoms with van der Waals surface area (Å²) in [6, 6.07) is 3.28. The van der Waals surface area contributed by atoms with Crippen LogP contribution in [0.4, 0.5) is 5.82 Å². The van der Waals surface area contributed by atoms with Gasteiger partial charge in [-0.1, -0.05) is 23.2 Å². The van der Waals surface area contributed by atoms with Gasteiger partial charge in [-0.3, -0.25) is 4.79 Å². The Bertz CT molecular complexity index is 610. The number of carbonyl (C=O) groups excluding carboxylic acids is 1. The highest BCUT2D eigenvalue weighted by atomic mass is 35.5. The molecule has 5 nitrogen and oxygen atoms in total. The molecule has 0 unspecified atom stereocenters. The number of nitrogens with zero attached hydrogens (tertiary/aromatic N) is 3. The van der Waals surface area contributed by atoms with Crippen molar-refractivity contribution in [3.63, 3.8) is 0 Å². The first-order valence-electron chi connectivity index (χ1n) is 5.65. The molecular formula is C12H12Cl2N4O. The average Bonchev–Trinajstić information content (AvgIpc) is 2.80. The maximum atomic E-state index is 12.1. The number of anilines is 1. The molecule has 1 N–H and O–H groups in total. The summed E-state index contributed by atoms with van der Waals surface area (Å²) >= 11 is 11.7. The van der Waals surface area contributed by atoms with Crippen LogP contribution in [0, 0.1) is 0 Å². The van der Waals surface area contributed by atoms with E-state index in [2.05, 4.69) is 15.4 Å². The van der Waals surface area contributed by atoms with E-state index in [0.717, 1.165) is 0 Å². The summed E-state index contributed by atoms with van der Waals surface area (Å²) in [5, 5.41) is 7.34. The van der Waals surface area contributed by atoms with Crippen molar-refractivity contribution in [3.05, 3.63) is 40.3 Å². The molecule has 0 spiro atoms. The van der Waals surface area contributed by atoms with Gasteiger partial charge in [0.15, 0.2) is 0 Å². The van der Waals surface area contributed by atoms with Gasteiger partial charge in [-0.15, -0.1) is 0 Å². The molecule has 0 aliphatic carbocycles. The van der Waals surface area contributed by atoms with Gasteiger partial charge in [-0.25, -0.2) is 9.67 Å². The lowest BCUT2D eigenvalue weighted by Crippen LogP contribution is -2.17. The zero-order chi connectivity index (χ0) is 14.0. The Labute approximate surface area is 120 Å². The summed E-state index contributed by atoms with van der Waals surface area (Å²) in [6.07, 6.45) is 2.97. The van der Waals surface area contributed by atoms with E-state index in [1.807, 2.05) is 13.8 Å². The van der Waals surface area contributed by atoms with Gasteiger partial charge in [-0.05, 0) is 19.9 Å². The minimum atomic E-state index is -0.350. The fraction of sp³-hybridized carbons (Fsp3) is 0.250. The van der Waals surface area contributed by atoms with Crippen LogP contribution in [0.5, 0.6) is 0 Å². The molecule has 2 rings (SSSR count). The van der Waals surface area contributed by atoms with Crippen molar-refractivity contribution >= 4 is 34.9 Å². The maximum absolute atomic E-state index is 12.1. The molecule has 0 aromatic carbocycles. The van der Waals surface area contributed by atoms with E-state index in [1.54, 1.807) is 16.9 Å². The number of halogens is 2. The fourth-order valence-electron chi connectivity index (χ4n) is 1.60. The monoisotopic (exact) mass is 298 g/mol. The Morgan fingerprint density at radius 2 is 2.16 bits per heavy atom. The molecule has 2 heterocycles. The predicted molar refractivity (Wildman–Crippen MR) is 74.8 cm³/mol. The third-order valence-corrected chi connectivity index (χ3v) is 2.98. The van der Waals surface area contributed by atoms with Crippen LogP contribution >= 0.6 is 23.2 Å². The Balaban J connectivity index is 2.26. The Morgan fingerprint density at radius 1 is 1.42 bits per heavy atom. The summed E-state index contributed by atoms with van der Waals surface area (Å²) in [5.74, 6) is 0.251. The van der Waals surface area contributed by atoms with Crippen molar-refractivity contribution in [2.75, 3.05) is 5.32 Å². The first-order valence-corrected chi connectivity index (χ1v) is 6.40. The van der Waals surface area contributed by atoms with Crippen molar-refractivity contribution in [1.29, 1.82) is 0 Å². The number of aromatic nitrogens is 3. The first kappa shape index (κ1) is 13.8. The molecule has 0 radical (unpaired) electrons. The molecule has 100 valence electrons. The van der Waals surface area contributed by atoms with E-state index in [9.17, 15) is 4.79 Å². The highest BCUT2D eigenvalue weighted by molar-refractivity contribution is 6.35. The molecule has 2 aromatic heterocycles. The minimum Gasteiger partial charge on any atom is -0.307 e. The number of amides is 1. The average molecular weight is 299 g/mol. The SMILES string of the molecule is CC(C)n1nccc1NC(=O)c1cc(Cl)ncc1Cl.